The highest BCUT2D eigenvalue weighted by molar-refractivity contribution is 5.93. The number of rotatable bonds is 7. The Balaban J connectivity index is 1.42. The minimum absolute atomic E-state index is 0.265. The number of carbonyl (C=O) groups is 2. The lowest BCUT2D eigenvalue weighted by molar-refractivity contribution is -0.147. The van der Waals surface area contributed by atoms with E-state index in [-0.39, 0.29) is 24.9 Å². The normalized spacial score (nSPS) is 10.7. The van der Waals surface area contributed by atoms with Gasteiger partial charge < -0.3 is 15.0 Å². The van der Waals surface area contributed by atoms with Crippen LogP contribution in [0.2, 0.25) is 0 Å². The molecule has 140 valence electrons. The summed E-state index contributed by atoms with van der Waals surface area (Å²) in [4.78, 5) is 27.1. The van der Waals surface area contributed by atoms with Gasteiger partial charge in [-0.2, -0.15) is 0 Å². The zero-order valence-corrected chi connectivity index (χ0v) is 15.7. The third kappa shape index (κ3) is 4.76. The molecule has 0 atom stereocenters. The Morgan fingerprint density at radius 2 is 1.89 bits per heavy atom. The lowest BCUT2D eigenvalue weighted by Gasteiger charge is -2.10. The number of aryl methyl sites for hydroxylation is 2. The van der Waals surface area contributed by atoms with Crippen LogP contribution >= 0.6 is 0 Å². The third-order valence-corrected chi connectivity index (χ3v) is 4.74. The summed E-state index contributed by atoms with van der Waals surface area (Å²) in [6.45, 7) is 3.67. The van der Waals surface area contributed by atoms with Gasteiger partial charge in [0.1, 0.15) is 0 Å². The quantitative estimate of drug-likeness (QED) is 0.614. The van der Waals surface area contributed by atoms with E-state index in [1.165, 1.54) is 10.9 Å². The second-order valence-electron chi connectivity index (χ2n) is 6.67. The molecule has 5 heteroatoms. The first-order chi connectivity index (χ1) is 13.0. The van der Waals surface area contributed by atoms with Crippen LogP contribution in [-0.4, -0.2) is 23.5 Å². The van der Waals surface area contributed by atoms with Crippen molar-refractivity contribution < 1.29 is 14.3 Å². The highest BCUT2D eigenvalue weighted by atomic mass is 16.5. The molecule has 1 heterocycles. The fraction of sp³-hybridized carbons (Fsp3) is 0.273. The number of hydrogen-bond donors (Lipinski definition) is 2. The smallest absolute Gasteiger partial charge is 0.306 e. The number of ether oxygens (including phenoxy) is 1. The Bertz CT molecular complexity index is 959. The van der Waals surface area contributed by atoms with E-state index in [9.17, 15) is 9.59 Å². The highest BCUT2D eigenvalue weighted by Gasteiger charge is 2.10. The van der Waals surface area contributed by atoms with Crippen molar-refractivity contribution in [1.82, 2.24) is 4.98 Å². The number of amides is 1. The molecule has 0 saturated heterocycles. The van der Waals surface area contributed by atoms with Crippen molar-refractivity contribution in [3.63, 3.8) is 0 Å². The first kappa shape index (κ1) is 18.7. The molecule has 2 N–H and O–H groups in total. The van der Waals surface area contributed by atoms with Gasteiger partial charge in [0.2, 0.25) is 0 Å². The summed E-state index contributed by atoms with van der Waals surface area (Å²) >= 11 is 0. The van der Waals surface area contributed by atoms with Gasteiger partial charge in [0.25, 0.3) is 5.91 Å². The van der Waals surface area contributed by atoms with E-state index in [2.05, 4.69) is 16.4 Å². The number of fused-ring (bicyclic) bond motifs is 1. The zero-order valence-electron chi connectivity index (χ0n) is 15.7. The number of para-hydroxylation sites is 1. The van der Waals surface area contributed by atoms with Crippen LogP contribution in [0.3, 0.4) is 0 Å². The van der Waals surface area contributed by atoms with Crippen LogP contribution in [0.4, 0.5) is 5.69 Å². The fourth-order valence-electron chi connectivity index (χ4n) is 3.05. The van der Waals surface area contributed by atoms with Crippen LogP contribution in [0, 0.1) is 13.8 Å². The zero-order chi connectivity index (χ0) is 19.2. The monoisotopic (exact) mass is 364 g/mol. The maximum Gasteiger partial charge on any atom is 0.306 e. The van der Waals surface area contributed by atoms with E-state index in [4.69, 9.17) is 4.74 Å². The lowest BCUT2D eigenvalue weighted by Crippen LogP contribution is -2.21. The molecule has 5 nitrogen and oxygen atoms in total. The number of aromatic nitrogens is 1. The molecule has 3 aromatic rings. The maximum absolute atomic E-state index is 12.0. The molecule has 3 rings (SSSR count). The summed E-state index contributed by atoms with van der Waals surface area (Å²) in [5.74, 6) is -0.681. The molecule has 0 saturated carbocycles. The molecule has 0 radical (unpaired) electrons. The number of H-pyrrole nitrogens is 1. The predicted molar refractivity (Wildman–Crippen MR) is 107 cm³/mol. The minimum atomic E-state index is -0.356. The average molecular weight is 364 g/mol. The molecule has 0 aliphatic carbocycles. The average Bonchev–Trinajstić information content (AvgIpc) is 3.07. The first-order valence-corrected chi connectivity index (χ1v) is 9.11. The summed E-state index contributed by atoms with van der Waals surface area (Å²) in [5.41, 5.74) is 5.14. The van der Waals surface area contributed by atoms with E-state index in [0.717, 1.165) is 28.8 Å². The molecule has 2 aromatic carbocycles. The Labute approximate surface area is 158 Å². The minimum Gasteiger partial charge on any atom is -0.456 e. The summed E-state index contributed by atoms with van der Waals surface area (Å²) in [5, 5.41) is 3.96. The van der Waals surface area contributed by atoms with E-state index in [1.807, 2.05) is 56.4 Å². The number of hydrogen-bond acceptors (Lipinski definition) is 3. The summed E-state index contributed by atoms with van der Waals surface area (Å²) < 4.78 is 5.09. The Morgan fingerprint density at radius 3 is 2.74 bits per heavy atom. The Hall–Kier alpha value is -3.08. The van der Waals surface area contributed by atoms with Gasteiger partial charge in [-0.1, -0.05) is 30.3 Å². The SMILES string of the molecule is Cc1cccc(NC(=O)COC(=O)CCCc2c[nH]c3ccccc23)c1C. The number of esters is 1. The summed E-state index contributed by atoms with van der Waals surface area (Å²) in [6, 6.07) is 13.8. The highest BCUT2D eigenvalue weighted by Crippen LogP contribution is 2.20. The Morgan fingerprint density at radius 1 is 1.07 bits per heavy atom. The second kappa shape index (κ2) is 8.54. The van der Waals surface area contributed by atoms with E-state index < -0.39 is 0 Å². The number of aromatic amines is 1. The first-order valence-electron chi connectivity index (χ1n) is 9.11. The topological polar surface area (TPSA) is 71.2 Å². The molecule has 0 unspecified atom stereocenters. The van der Waals surface area contributed by atoms with Crippen molar-refractivity contribution in [2.75, 3.05) is 11.9 Å². The third-order valence-electron chi connectivity index (χ3n) is 4.74. The molecule has 0 aliphatic heterocycles. The van der Waals surface area contributed by atoms with Crippen molar-refractivity contribution in [3.8, 4) is 0 Å². The molecule has 27 heavy (non-hydrogen) atoms. The van der Waals surface area contributed by atoms with Gasteiger partial charge in [0, 0.05) is 29.2 Å². The lowest BCUT2D eigenvalue weighted by atomic mass is 10.1. The van der Waals surface area contributed by atoms with Gasteiger partial charge >= 0.3 is 5.97 Å². The van der Waals surface area contributed by atoms with Crippen molar-refractivity contribution in [2.24, 2.45) is 0 Å². The number of carbonyl (C=O) groups excluding carboxylic acids is 2. The van der Waals surface area contributed by atoms with Crippen molar-refractivity contribution in [2.45, 2.75) is 33.1 Å². The van der Waals surface area contributed by atoms with Crippen LogP contribution < -0.4 is 5.32 Å². The van der Waals surface area contributed by atoms with Crippen molar-refractivity contribution in [3.05, 3.63) is 65.4 Å². The van der Waals surface area contributed by atoms with Gasteiger partial charge in [-0.25, -0.2) is 0 Å². The van der Waals surface area contributed by atoms with Crippen LogP contribution in [0.5, 0.6) is 0 Å². The predicted octanol–water partition coefficient (Wildman–Crippen LogP) is 4.29. The van der Waals surface area contributed by atoms with Crippen molar-refractivity contribution >= 4 is 28.5 Å². The Kier molecular flexibility index (Phi) is 5.91. The van der Waals surface area contributed by atoms with Crippen LogP contribution in [0.15, 0.2) is 48.7 Å². The summed E-state index contributed by atoms with van der Waals surface area (Å²) in [6.07, 6.45) is 3.73. The molecular formula is C22H24N2O3. The van der Waals surface area contributed by atoms with E-state index >= 15 is 0 Å². The fourth-order valence-corrected chi connectivity index (χ4v) is 3.05. The number of anilines is 1. The second-order valence-corrected chi connectivity index (χ2v) is 6.67. The molecule has 1 amide bonds. The standard InChI is InChI=1S/C22H24N2O3/c1-15-7-5-11-19(16(15)2)24-21(25)14-27-22(26)12-6-8-17-13-23-20-10-4-3-9-18(17)20/h3-5,7,9-11,13,23H,6,8,12,14H2,1-2H3,(H,24,25). The van der Waals surface area contributed by atoms with Gasteiger partial charge in [0.15, 0.2) is 6.61 Å². The van der Waals surface area contributed by atoms with Gasteiger partial charge in [0.05, 0.1) is 0 Å². The van der Waals surface area contributed by atoms with Crippen molar-refractivity contribution in [1.29, 1.82) is 0 Å². The van der Waals surface area contributed by atoms with Gasteiger partial charge in [-0.05, 0) is 55.5 Å². The molecule has 0 bridgehead atoms. The molecule has 0 spiro atoms. The van der Waals surface area contributed by atoms with E-state index in [1.54, 1.807) is 0 Å². The number of nitrogens with one attached hydrogen (secondary N) is 2. The van der Waals surface area contributed by atoms with Crippen LogP contribution in [0.1, 0.15) is 29.5 Å². The molecular weight excluding hydrogens is 340 g/mol. The van der Waals surface area contributed by atoms with Gasteiger partial charge in [-0.3, -0.25) is 9.59 Å². The molecule has 0 fully saturated rings. The molecule has 1 aromatic heterocycles. The number of benzene rings is 2. The van der Waals surface area contributed by atoms with Crippen LogP contribution in [0.25, 0.3) is 10.9 Å². The molecule has 0 aliphatic rings. The summed E-state index contributed by atoms with van der Waals surface area (Å²) in [7, 11) is 0. The van der Waals surface area contributed by atoms with E-state index in [0.29, 0.717) is 6.42 Å². The largest absolute Gasteiger partial charge is 0.456 e. The van der Waals surface area contributed by atoms with Gasteiger partial charge in [-0.15, -0.1) is 0 Å². The van der Waals surface area contributed by atoms with Crippen LogP contribution in [-0.2, 0) is 20.7 Å². The maximum atomic E-state index is 12.0.